The molecule has 0 bridgehead atoms. The first kappa shape index (κ1) is 15.2. The molecule has 0 heterocycles. The Morgan fingerprint density at radius 1 is 1.26 bits per heavy atom. The molecule has 1 amide bonds. The summed E-state index contributed by atoms with van der Waals surface area (Å²) < 4.78 is 0. The normalized spacial score (nSPS) is 19.2. The van der Waals surface area contributed by atoms with Crippen LogP contribution in [-0.4, -0.2) is 22.5 Å². The molecule has 2 N–H and O–H groups in total. The maximum absolute atomic E-state index is 12.2. The highest BCUT2D eigenvalue weighted by atomic mass is 16.6. The molecule has 1 unspecified atom stereocenters. The van der Waals surface area contributed by atoms with E-state index in [9.17, 15) is 20.0 Å². The van der Waals surface area contributed by atoms with Crippen molar-refractivity contribution in [2.24, 2.45) is 0 Å². The molecule has 0 fully saturated rings. The molecule has 1 aliphatic rings. The number of carbonyl (C=O) groups is 1. The second-order valence-corrected chi connectivity index (χ2v) is 5.68. The fourth-order valence-electron chi connectivity index (χ4n) is 2.94. The van der Waals surface area contributed by atoms with E-state index in [-0.39, 0.29) is 17.8 Å². The number of nitrogens with zero attached hydrogens (tertiary/aromatic N) is 1. The van der Waals surface area contributed by atoms with Gasteiger partial charge in [0.2, 0.25) is 0 Å². The van der Waals surface area contributed by atoms with Gasteiger partial charge >= 0.3 is 0 Å². The highest BCUT2D eigenvalue weighted by Crippen LogP contribution is 2.36. The Bertz CT molecular complexity index is 775. The summed E-state index contributed by atoms with van der Waals surface area (Å²) in [4.78, 5) is 22.4. The van der Waals surface area contributed by atoms with Gasteiger partial charge in [0.15, 0.2) is 0 Å². The molecule has 23 heavy (non-hydrogen) atoms. The average Bonchev–Trinajstić information content (AvgIpc) is 2.91. The Hall–Kier alpha value is -2.73. The monoisotopic (exact) mass is 312 g/mol. The Labute approximate surface area is 132 Å². The number of aliphatic hydroxyl groups is 1. The Morgan fingerprint density at radius 3 is 2.83 bits per heavy atom. The van der Waals surface area contributed by atoms with E-state index in [0.29, 0.717) is 6.42 Å². The number of nitro benzene ring substituents is 1. The smallest absolute Gasteiger partial charge is 0.270 e. The maximum Gasteiger partial charge on any atom is 0.270 e. The van der Waals surface area contributed by atoms with Crippen molar-refractivity contribution in [2.45, 2.75) is 18.4 Å². The van der Waals surface area contributed by atoms with E-state index in [2.05, 4.69) is 5.32 Å². The molecule has 2 aromatic rings. The van der Waals surface area contributed by atoms with Gasteiger partial charge in [-0.15, -0.1) is 0 Å². The number of hydrogen-bond acceptors (Lipinski definition) is 4. The molecular formula is C17H16N2O4. The van der Waals surface area contributed by atoms with Crippen LogP contribution >= 0.6 is 0 Å². The second kappa shape index (κ2) is 5.81. The first-order chi connectivity index (χ1) is 11.0. The van der Waals surface area contributed by atoms with E-state index in [1.54, 1.807) is 0 Å². The molecule has 0 saturated heterocycles. The van der Waals surface area contributed by atoms with Crippen molar-refractivity contribution in [3.05, 3.63) is 75.3 Å². The molecular weight excluding hydrogens is 296 g/mol. The van der Waals surface area contributed by atoms with E-state index in [4.69, 9.17) is 0 Å². The summed E-state index contributed by atoms with van der Waals surface area (Å²) in [5.74, 6) is -0.438. The molecule has 1 atom stereocenters. The van der Waals surface area contributed by atoms with Crippen LogP contribution in [0.4, 0.5) is 5.69 Å². The second-order valence-electron chi connectivity index (χ2n) is 5.68. The van der Waals surface area contributed by atoms with Crippen LogP contribution in [-0.2, 0) is 12.0 Å². The van der Waals surface area contributed by atoms with Gasteiger partial charge in [0.1, 0.15) is 5.60 Å². The molecule has 0 aromatic heterocycles. The Morgan fingerprint density at radius 2 is 2.04 bits per heavy atom. The van der Waals surface area contributed by atoms with Gasteiger partial charge in [-0.05, 0) is 30.0 Å². The van der Waals surface area contributed by atoms with E-state index >= 15 is 0 Å². The van der Waals surface area contributed by atoms with Gasteiger partial charge in [-0.2, -0.15) is 0 Å². The predicted molar refractivity (Wildman–Crippen MR) is 84.1 cm³/mol. The SMILES string of the molecule is O=C(NCC1(O)CCc2ccccc21)c1cccc([N+](=O)[O-])c1. The first-order valence-corrected chi connectivity index (χ1v) is 7.33. The standard InChI is InChI=1S/C17H16N2O4/c20-16(13-5-3-6-14(10-13)19(22)23)18-11-17(21)9-8-12-4-1-2-7-15(12)17/h1-7,10,21H,8-9,11H2,(H,18,20). The van der Waals surface area contributed by atoms with Crippen LogP contribution in [0.2, 0.25) is 0 Å². The molecule has 118 valence electrons. The van der Waals surface area contributed by atoms with Crippen molar-refractivity contribution >= 4 is 11.6 Å². The average molecular weight is 312 g/mol. The van der Waals surface area contributed by atoms with Crippen LogP contribution in [0.1, 0.15) is 27.9 Å². The van der Waals surface area contributed by atoms with Crippen molar-refractivity contribution in [3.63, 3.8) is 0 Å². The number of aryl methyl sites for hydroxylation is 1. The third-order valence-corrected chi connectivity index (χ3v) is 4.19. The molecule has 3 rings (SSSR count). The summed E-state index contributed by atoms with van der Waals surface area (Å²) >= 11 is 0. The lowest BCUT2D eigenvalue weighted by Gasteiger charge is -2.24. The van der Waals surface area contributed by atoms with E-state index in [0.717, 1.165) is 17.5 Å². The minimum Gasteiger partial charge on any atom is -0.383 e. The summed E-state index contributed by atoms with van der Waals surface area (Å²) in [6, 6.07) is 13.1. The van der Waals surface area contributed by atoms with Crippen molar-refractivity contribution in [1.82, 2.24) is 5.32 Å². The van der Waals surface area contributed by atoms with Crippen molar-refractivity contribution < 1.29 is 14.8 Å². The highest BCUT2D eigenvalue weighted by molar-refractivity contribution is 5.94. The number of amides is 1. The van der Waals surface area contributed by atoms with Gasteiger partial charge in [0, 0.05) is 17.7 Å². The number of nitro groups is 1. The fraction of sp³-hybridized carbons (Fsp3) is 0.235. The summed E-state index contributed by atoms with van der Waals surface area (Å²) in [5, 5.41) is 24.2. The third-order valence-electron chi connectivity index (χ3n) is 4.19. The molecule has 0 aliphatic heterocycles. The van der Waals surface area contributed by atoms with E-state index < -0.39 is 16.4 Å². The quantitative estimate of drug-likeness (QED) is 0.668. The Balaban J connectivity index is 1.73. The van der Waals surface area contributed by atoms with Crippen LogP contribution in [0, 0.1) is 10.1 Å². The highest BCUT2D eigenvalue weighted by Gasteiger charge is 2.36. The van der Waals surface area contributed by atoms with Gasteiger partial charge in [-0.25, -0.2) is 0 Å². The number of fused-ring (bicyclic) bond motifs is 1. The molecule has 6 nitrogen and oxygen atoms in total. The van der Waals surface area contributed by atoms with Crippen molar-refractivity contribution in [2.75, 3.05) is 6.54 Å². The molecule has 2 aromatic carbocycles. The van der Waals surface area contributed by atoms with Crippen molar-refractivity contribution in [1.29, 1.82) is 0 Å². The predicted octanol–water partition coefficient (Wildman–Crippen LogP) is 2.16. The minimum absolute atomic E-state index is 0.0749. The van der Waals surface area contributed by atoms with Gasteiger partial charge in [-0.1, -0.05) is 30.3 Å². The zero-order chi connectivity index (χ0) is 16.4. The lowest BCUT2D eigenvalue weighted by atomic mass is 9.96. The number of rotatable bonds is 4. The summed E-state index contributed by atoms with van der Waals surface area (Å²) in [7, 11) is 0. The number of nitrogens with one attached hydrogen (secondary N) is 1. The van der Waals surface area contributed by atoms with Gasteiger partial charge < -0.3 is 10.4 Å². The molecule has 1 aliphatic carbocycles. The number of hydrogen-bond donors (Lipinski definition) is 2. The van der Waals surface area contributed by atoms with Crippen LogP contribution in [0.3, 0.4) is 0 Å². The lowest BCUT2D eigenvalue weighted by Crippen LogP contribution is -2.39. The number of non-ortho nitro benzene ring substituents is 1. The number of benzene rings is 2. The van der Waals surface area contributed by atoms with Gasteiger partial charge in [0.05, 0.1) is 11.5 Å². The summed E-state index contributed by atoms with van der Waals surface area (Å²) in [5.41, 5.74) is 0.892. The summed E-state index contributed by atoms with van der Waals surface area (Å²) in [6.07, 6.45) is 1.31. The van der Waals surface area contributed by atoms with Crippen LogP contribution < -0.4 is 5.32 Å². The lowest BCUT2D eigenvalue weighted by molar-refractivity contribution is -0.384. The minimum atomic E-state index is -1.09. The van der Waals surface area contributed by atoms with Crippen molar-refractivity contribution in [3.8, 4) is 0 Å². The van der Waals surface area contributed by atoms with E-state index in [1.807, 2.05) is 24.3 Å². The van der Waals surface area contributed by atoms with Crippen LogP contribution in [0.5, 0.6) is 0 Å². The molecule has 0 spiro atoms. The topological polar surface area (TPSA) is 92.5 Å². The zero-order valence-electron chi connectivity index (χ0n) is 12.4. The van der Waals surface area contributed by atoms with Gasteiger partial charge in [-0.3, -0.25) is 14.9 Å². The van der Waals surface area contributed by atoms with Crippen LogP contribution in [0.25, 0.3) is 0 Å². The molecule has 0 saturated carbocycles. The largest absolute Gasteiger partial charge is 0.383 e. The zero-order valence-corrected chi connectivity index (χ0v) is 12.4. The third kappa shape index (κ3) is 2.93. The number of carbonyl (C=O) groups excluding carboxylic acids is 1. The molecule has 6 heteroatoms. The fourth-order valence-corrected chi connectivity index (χ4v) is 2.94. The van der Waals surface area contributed by atoms with E-state index in [1.165, 1.54) is 24.3 Å². The Kier molecular flexibility index (Phi) is 3.83. The maximum atomic E-state index is 12.2. The summed E-state index contributed by atoms with van der Waals surface area (Å²) in [6.45, 7) is 0.0749. The van der Waals surface area contributed by atoms with Crippen LogP contribution in [0.15, 0.2) is 48.5 Å². The molecule has 0 radical (unpaired) electrons. The first-order valence-electron chi connectivity index (χ1n) is 7.33. The van der Waals surface area contributed by atoms with Gasteiger partial charge in [0.25, 0.3) is 11.6 Å².